The van der Waals surface area contributed by atoms with Crippen molar-refractivity contribution in [3.05, 3.63) is 54.1 Å². The normalized spacial score (nSPS) is 18.5. The van der Waals surface area contributed by atoms with Crippen molar-refractivity contribution in [3.8, 4) is 11.5 Å². The molecule has 1 N–H and O–H groups in total. The van der Waals surface area contributed by atoms with Gasteiger partial charge in [-0.2, -0.15) is 13.2 Å². The highest BCUT2D eigenvalue weighted by molar-refractivity contribution is 6.04. The summed E-state index contributed by atoms with van der Waals surface area (Å²) in [5, 5.41) is 2.62. The second kappa shape index (κ2) is 10.6. The van der Waals surface area contributed by atoms with E-state index in [1.165, 1.54) is 18.2 Å². The minimum absolute atomic E-state index is 0.00381. The van der Waals surface area contributed by atoms with Gasteiger partial charge >= 0.3 is 6.18 Å². The lowest BCUT2D eigenvalue weighted by Crippen LogP contribution is -2.49. The van der Waals surface area contributed by atoms with Crippen LogP contribution >= 0.6 is 0 Å². The van der Waals surface area contributed by atoms with Crippen LogP contribution in [0.25, 0.3) is 0 Å². The average molecular weight is 464 g/mol. The number of carbonyl (C=O) groups is 2. The number of nitrogens with zero attached hydrogens (tertiary/aromatic N) is 1. The molecule has 6 nitrogen and oxygen atoms in total. The van der Waals surface area contributed by atoms with Crippen LogP contribution < -0.4 is 14.8 Å². The van der Waals surface area contributed by atoms with Crippen molar-refractivity contribution in [2.75, 3.05) is 18.5 Å². The van der Waals surface area contributed by atoms with Gasteiger partial charge in [0.1, 0.15) is 11.5 Å². The number of anilines is 1. The molecule has 33 heavy (non-hydrogen) atoms. The maximum absolute atomic E-state index is 12.6. The third-order valence-corrected chi connectivity index (χ3v) is 5.45. The molecule has 2 aromatic rings. The van der Waals surface area contributed by atoms with Gasteiger partial charge in [0.25, 0.3) is 11.8 Å². The van der Waals surface area contributed by atoms with Crippen LogP contribution in [0.4, 0.5) is 18.9 Å². The van der Waals surface area contributed by atoms with Gasteiger partial charge in [-0.3, -0.25) is 9.59 Å². The Labute approximate surface area is 190 Å². The number of rotatable bonds is 7. The molecule has 1 fully saturated rings. The van der Waals surface area contributed by atoms with Crippen LogP contribution in [0, 0.1) is 0 Å². The van der Waals surface area contributed by atoms with E-state index in [1.807, 2.05) is 18.7 Å². The number of carbonyl (C=O) groups excluding carboxylic acids is 2. The second-order valence-corrected chi connectivity index (χ2v) is 8.13. The first-order valence-electron chi connectivity index (χ1n) is 10.8. The van der Waals surface area contributed by atoms with Crippen molar-refractivity contribution < 1.29 is 32.2 Å². The molecule has 0 spiro atoms. The monoisotopic (exact) mass is 464 g/mol. The van der Waals surface area contributed by atoms with E-state index in [4.69, 9.17) is 9.47 Å². The Bertz CT molecular complexity index is 953. The van der Waals surface area contributed by atoms with Gasteiger partial charge in [0, 0.05) is 29.4 Å². The zero-order valence-electron chi connectivity index (χ0n) is 18.5. The van der Waals surface area contributed by atoms with Crippen LogP contribution in [-0.2, 0) is 4.79 Å². The van der Waals surface area contributed by atoms with E-state index in [0.29, 0.717) is 17.0 Å². The number of piperidine rings is 1. The number of ether oxygens (including phenoxy) is 2. The summed E-state index contributed by atoms with van der Waals surface area (Å²) in [4.78, 5) is 26.9. The number of halogens is 3. The highest BCUT2D eigenvalue weighted by Gasteiger charge is 2.29. The topological polar surface area (TPSA) is 67.9 Å². The molecule has 0 radical (unpaired) electrons. The molecule has 1 aliphatic heterocycles. The Kier molecular flexibility index (Phi) is 7.84. The Balaban J connectivity index is 1.53. The molecule has 2 unspecified atom stereocenters. The Hall–Kier alpha value is -3.23. The number of hydrogen-bond donors (Lipinski definition) is 1. The van der Waals surface area contributed by atoms with Crippen LogP contribution in [0.3, 0.4) is 0 Å². The Morgan fingerprint density at radius 3 is 2.30 bits per heavy atom. The predicted molar refractivity (Wildman–Crippen MR) is 118 cm³/mol. The summed E-state index contributed by atoms with van der Waals surface area (Å²) < 4.78 is 47.2. The van der Waals surface area contributed by atoms with Crippen LogP contribution in [0.15, 0.2) is 48.5 Å². The lowest BCUT2D eigenvalue weighted by molar-refractivity contribution is -0.153. The number of likely N-dealkylation sites (tertiary alicyclic amines) is 1. The number of benzene rings is 2. The van der Waals surface area contributed by atoms with Crippen LogP contribution in [0.5, 0.6) is 11.5 Å². The molecule has 1 heterocycles. The largest absolute Gasteiger partial charge is 0.484 e. The first kappa shape index (κ1) is 24.4. The second-order valence-electron chi connectivity index (χ2n) is 8.13. The van der Waals surface area contributed by atoms with Crippen molar-refractivity contribution in [2.24, 2.45) is 0 Å². The summed E-state index contributed by atoms with van der Waals surface area (Å²) in [6.07, 6.45) is -1.37. The molecule has 1 aliphatic rings. The van der Waals surface area contributed by atoms with E-state index in [1.54, 1.807) is 30.3 Å². The molecule has 0 aromatic heterocycles. The summed E-state index contributed by atoms with van der Waals surface area (Å²) in [5.41, 5.74) is 0.629. The van der Waals surface area contributed by atoms with Gasteiger partial charge in [-0.05, 0) is 69.5 Å². The molecule has 0 aliphatic carbocycles. The molecule has 2 amide bonds. The SMILES string of the molecule is CC1CCCC(C)N1C(=O)COc1ccc(C(=O)Nc2cccc(OCC(F)(F)F)c2)cc1. The van der Waals surface area contributed by atoms with Gasteiger partial charge in [-0.15, -0.1) is 0 Å². The third-order valence-electron chi connectivity index (χ3n) is 5.45. The first-order chi connectivity index (χ1) is 15.6. The number of nitrogens with one attached hydrogen (secondary N) is 1. The van der Waals surface area contributed by atoms with Gasteiger partial charge in [0.2, 0.25) is 0 Å². The highest BCUT2D eigenvalue weighted by Crippen LogP contribution is 2.24. The van der Waals surface area contributed by atoms with Gasteiger partial charge in [0.15, 0.2) is 13.2 Å². The highest BCUT2D eigenvalue weighted by atomic mass is 19.4. The number of amides is 2. The zero-order valence-corrected chi connectivity index (χ0v) is 18.5. The average Bonchev–Trinajstić information content (AvgIpc) is 2.76. The summed E-state index contributed by atoms with van der Waals surface area (Å²) in [6.45, 7) is 2.59. The number of hydrogen-bond acceptors (Lipinski definition) is 4. The minimum Gasteiger partial charge on any atom is -0.484 e. The standard InChI is InChI=1S/C24H27F3N2O4/c1-16-5-3-6-17(2)29(16)22(30)14-32-20-11-9-18(10-12-20)23(31)28-19-7-4-8-21(13-19)33-15-24(25,26)27/h4,7-13,16-17H,3,5-6,14-15H2,1-2H3,(H,28,31). The van der Waals surface area contributed by atoms with Gasteiger partial charge in [-0.25, -0.2) is 0 Å². The fraction of sp³-hybridized carbons (Fsp3) is 0.417. The third kappa shape index (κ3) is 7.13. The summed E-state index contributed by atoms with van der Waals surface area (Å²) in [7, 11) is 0. The van der Waals surface area contributed by atoms with Crippen molar-refractivity contribution in [3.63, 3.8) is 0 Å². The lowest BCUT2D eigenvalue weighted by Gasteiger charge is -2.38. The van der Waals surface area contributed by atoms with E-state index in [-0.39, 0.29) is 30.3 Å². The molecule has 9 heteroatoms. The van der Waals surface area contributed by atoms with E-state index in [0.717, 1.165) is 19.3 Å². The van der Waals surface area contributed by atoms with Gasteiger partial charge in [-0.1, -0.05) is 6.07 Å². The van der Waals surface area contributed by atoms with Crippen LogP contribution in [0.2, 0.25) is 0 Å². The predicted octanol–water partition coefficient (Wildman–Crippen LogP) is 5.05. The first-order valence-corrected chi connectivity index (χ1v) is 10.8. The maximum Gasteiger partial charge on any atom is 0.422 e. The molecular formula is C24H27F3N2O4. The van der Waals surface area contributed by atoms with E-state index in [2.05, 4.69) is 5.32 Å². The molecular weight excluding hydrogens is 437 g/mol. The maximum atomic E-state index is 12.6. The quantitative estimate of drug-likeness (QED) is 0.623. The molecule has 1 saturated heterocycles. The van der Waals surface area contributed by atoms with Crippen LogP contribution in [-0.4, -0.2) is 48.2 Å². The smallest absolute Gasteiger partial charge is 0.422 e. The molecule has 0 bridgehead atoms. The molecule has 3 rings (SSSR count). The fourth-order valence-electron chi connectivity index (χ4n) is 3.87. The van der Waals surface area contributed by atoms with Gasteiger partial charge in [0.05, 0.1) is 0 Å². The summed E-state index contributed by atoms with van der Waals surface area (Å²) >= 11 is 0. The fourth-order valence-corrected chi connectivity index (χ4v) is 3.87. The molecule has 0 saturated carbocycles. The molecule has 2 aromatic carbocycles. The molecule has 2 atom stereocenters. The van der Waals surface area contributed by atoms with E-state index >= 15 is 0 Å². The van der Waals surface area contributed by atoms with Crippen molar-refractivity contribution in [1.82, 2.24) is 4.90 Å². The van der Waals surface area contributed by atoms with Crippen molar-refractivity contribution >= 4 is 17.5 Å². The summed E-state index contributed by atoms with van der Waals surface area (Å²) in [6, 6.07) is 12.4. The Morgan fingerprint density at radius 1 is 1.00 bits per heavy atom. The van der Waals surface area contributed by atoms with Crippen molar-refractivity contribution in [1.29, 1.82) is 0 Å². The van der Waals surface area contributed by atoms with E-state index in [9.17, 15) is 22.8 Å². The van der Waals surface area contributed by atoms with Gasteiger partial charge < -0.3 is 19.7 Å². The zero-order chi connectivity index (χ0) is 24.0. The Morgan fingerprint density at radius 2 is 1.67 bits per heavy atom. The lowest BCUT2D eigenvalue weighted by atomic mass is 9.97. The van der Waals surface area contributed by atoms with Crippen LogP contribution in [0.1, 0.15) is 43.5 Å². The minimum atomic E-state index is -4.45. The van der Waals surface area contributed by atoms with E-state index < -0.39 is 18.7 Å². The number of alkyl halides is 3. The summed E-state index contributed by atoms with van der Waals surface area (Å²) in [5.74, 6) is -0.0543. The molecule has 178 valence electrons. The van der Waals surface area contributed by atoms with Crippen molar-refractivity contribution in [2.45, 2.75) is 51.4 Å².